The Morgan fingerprint density at radius 1 is 1.00 bits per heavy atom. The number of benzene rings is 1. The molecular formula is C19H34N2OS2. The number of methoxy groups -OCH3 is 1. The lowest BCUT2D eigenvalue weighted by molar-refractivity contribution is 0.194. The zero-order valence-corrected chi connectivity index (χ0v) is 17.5. The number of hydrogen-bond donors (Lipinski definition) is 3. The van der Waals surface area contributed by atoms with Crippen LogP contribution in [0.15, 0.2) is 24.3 Å². The second kappa shape index (κ2) is 10.5. The summed E-state index contributed by atoms with van der Waals surface area (Å²) >= 11 is 6.61. The van der Waals surface area contributed by atoms with Gasteiger partial charge in [0.05, 0.1) is 11.4 Å². The first-order valence-corrected chi connectivity index (χ1v) is 10.1. The van der Waals surface area contributed by atoms with Gasteiger partial charge in [-0.05, 0) is 58.4 Å². The van der Waals surface area contributed by atoms with Crippen molar-refractivity contribution in [1.82, 2.24) is 0 Å². The molecule has 0 unspecified atom stereocenters. The molecule has 0 fully saturated rings. The van der Waals surface area contributed by atoms with Crippen LogP contribution in [0.2, 0.25) is 0 Å². The summed E-state index contributed by atoms with van der Waals surface area (Å²) in [6.07, 6.45) is 2.34. The average Bonchev–Trinajstić information content (AvgIpc) is 2.51. The van der Waals surface area contributed by atoms with Crippen molar-refractivity contribution in [3.8, 4) is 0 Å². The highest BCUT2D eigenvalue weighted by Crippen LogP contribution is 2.28. The zero-order valence-electron chi connectivity index (χ0n) is 15.8. The number of unbranched alkanes of at least 4 members (excludes halogenated alkanes) is 1. The summed E-state index contributed by atoms with van der Waals surface area (Å²) in [5.74, 6) is 1.17. The molecule has 1 rings (SSSR count). The van der Waals surface area contributed by atoms with E-state index < -0.39 is 0 Å². The molecule has 5 heteroatoms. The van der Waals surface area contributed by atoms with Gasteiger partial charge in [-0.15, -0.1) is 0 Å². The van der Waals surface area contributed by atoms with E-state index in [9.17, 15) is 0 Å². The van der Waals surface area contributed by atoms with Gasteiger partial charge >= 0.3 is 0 Å². The Kier molecular flexibility index (Phi) is 9.39. The number of anilines is 2. The third-order valence-corrected chi connectivity index (χ3v) is 5.16. The van der Waals surface area contributed by atoms with Crippen molar-refractivity contribution < 1.29 is 4.74 Å². The van der Waals surface area contributed by atoms with Crippen molar-refractivity contribution in [3.63, 3.8) is 0 Å². The monoisotopic (exact) mass is 370 g/mol. The Labute approximate surface area is 158 Å². The minimum atomic E-state index is -0.0373. The second-order valence-electron chi connectivity index (χ2n) is 7.37. The van der Waals surface area contributed by atoms with E-state index in [-0.39, 0.29) is 9.49 Å². The Balaban J connectivity index is 2.47. The summed E-state index contributed by atoms with van der Waals surface area (Å²) in [5.41, 5.74) is 2.30. The normalized spacial score (nSPS) is 12.2. The van der Waals surface area contributed by atoms with Crippen LogP contribution < -0.4 is 10.6 Å². The first kappa shape index (κ1) is 21.5. The lowest BCUT2D eigenvalue weighted by Crippen LogP contribution is -2.28. The van der Waals surface area contributed by atoms with Crippen LogP contribution in [-0.4, -0.2) is 42.1 Å². The van der Waals surface area contributed by atoms with Gasteiger partial charge in [0.15, 0.2) is 0 Å². The Bertz CT molecular complexity index is 473. The predicted molar refractivity (Wildman–Crippen MR) is 114 cm³/mol. The number of para-hydroxylation sites is 2. The highest BCUT2D eigenvalue weighted by molar-refractivity contribution is 8.00. The maximum Gasteiger partial charge on any atom is 0.0576 e. The van der Waals surface area contributed by atoms with Crippen molar-refractivity contribution in [3.05, 3.63) is 24.3 Å². The first-order valence-electron chi connectivity index (χ1n) is 8.65. The van der Waals surface area contributed by atoms with Crippen LogP contribution in [0.4, 0.5) is 11.4 Å². The quantitative estimate of drug-likeness (QED) is 0.351. The number of thiol groups is 1. The van der Waals surface area contributed by atoms with Crippen molar-refractivity contribution in [2.45, 2.75) is 50.0 Å². The summed E-state index contributed by atoms with van der Waals surface area (Å²) in [6, 6.07) is 8.39. The number of hydrogen-bond acceptors (Lipinski definition) is 5. The maximum absolute atomic E-state index is 5.11. The Morgan fingerprint density at radius 2 is 1.58 bits per heavy atom. The summed E-state index contributed by atoms with van der Waals surface area (Å²) < 4.78 is 5.27. The molecule has 0 heterocycles. The van der Waals surface area contributed by atoms with Crippen molar-refractivity contribution in [2.24, 2.45) is 0 Å². The molecule has 3 nitrogen and oxygen atoms in total. The van der Waals surface area contributed by atoms with Gasteiger partial charge < -0.3 is 15.4 Å². The van der Waals surface area contributed by atoms with E-state index in [0.29, 0.717) is 0 Å². The summed E-state index contributed by atoms with van der Waals surface area (Å²) in [5, 5.41) is 7.11. The fraction of sp³-hybridized carbons (Fsp3) is 0.684. The molecule has 24 heavy (non-hydrogen) atoms. The Hall–Kier alpha value is -0.520. The molecular weight excluding hydrogens is 336 g/mol. The lowest BCUT2D eigenvalue weighted by Gasteiger charge is -2.26. The van der Waals surface area contributed by atoms with Crippen LogP contribution in [0.1, 0.15) is 40.5 Å². The zero-order chi connectivity index (χ0) is 18.1. The highest BCUT2D eigenvalue weighted by Gasteiger charge is 2.18. The minimum absolute atomic E-state index is 0.0373. The van der Waals surface area contributed by atoms with E-state index in [4.69, 9.17) is 4.74 Å². The summed E-state index contributed by atoms with van der Waals surface area (Å²) in [7, 11) is 1.77. The van der Waals surface area contributed by atoms with Crippen molar-refractivity contribution in [2.75, 3.05) is 43.2 Å². The Morgan fingerprint density at radius 3 is 2.12 bits per heavy atom. The van der Waals surface area contributed by atoms with Crippen LogP contribution in [0.5, 0.6) is 0 Å². The minimum Gasteiger partial charge on any atom is -0.385 e. The molecule has 1 aromatic rings. The summed E-state index contributed by atoms with van der Waals surface area (Å²) in [4.78, 5) is 0. The number of rotatable bonds is 12. The smallest absolute Gasteiger partial charge is 0.0576 e. The molecule has 0 aliphatic heterocycles. The van der Waals surface area contributed by atoms with Gasteiger partial charge in [0.2, 0.25) is 0 Å². The van der Waals surface area contributed by atoms with E-state index in [1.165, 1.54) is 12.2 Å². The third-order valence-electron chi connectivity index (χ3n) is 3.58. The van der Waals surface area contributed by atoms with E-state index in [2.05, 4.69) is 75.2 Å². The number of thioether (sulfide) groups is 1. The van der Waals surface area contributed by atoms with E-state index in [1.807, 2.05) is 11.8 Å². The molecule has 0 saturated carbocycles. The molecule has 138 valence electrons. The molecule has 0 saturated heterocycles. The van der Waals surface area contributed by atoms with Crippen LogP contribution in [0.3, 0.4) is 0 Å². The molecule has 0 radical (unpaired) electrons. The molecule has 0 atom stereocenters. The van der Waals surface area contributed by atoms with Gasteiger partial charge in [0.25, 0.3) is 0 Å². The lowest BCUT2D eigenvalue weighted by atomic mass is 10.1. The average molecular weight is 371 g/mol. The van der Waals surface area contributed by atoms with Crippen LogP contribution >= 0.6 is 24.4 Å². The van der Waals surface area contributed by atoms with Gasteiger partial charge in [0, 0.05) is 36.3 Å². The summed E-state index contributed by atoms with van der Waals surface area (Å²) in [6.45, 7) is 11.4. The topological polar surface area (TPSA) is 33.3 Å². The SMILES string of the molecule is COCCCCSC(C)(C)CNc1ccccc1NCC(C)(C)S. The molecule has 1 aromatic carbocycles. The molecule has 2 N–H and O–H groups in total. The molecule has 0 spiro atoms. The molecule has 0 bridgehead atoms. The molecule has 0 aliphatic carbocycles. The van der Waals surface area contributed by atoms with Crippen LogP contribution in [-0.2, 0) is 4.74 Å². The second-order valence-corrected chi connectivity index (χ2v) is 10.4. The third kappa shape index (κ3) is 9.70. The van der Waals surface area contributed by atoms with Crippen molar-refractivity contribution >= 4 is 35.8 Å². The maximum atomic E-state index is 5.11. The van der Waals surface area contributed by atoms with Gasteiger partial charge in [-0.3, -0.25) is 0 Å². The van der Waals surface area contributed by atoms with E-state index >= 15 is 0 Å². The van der Waals surface area contributed by atoms with Crippen LogP contribution in [0, 0.1) is 0 Å². The van der Waals surface area contributed by atoms with Crippen molar-refractivity contribution in [1.29, 1.82) is 0 Å². The molecule has 0 aliphatic rings. The fourth-order valence-electron chi connectivity index (χ4n) is 2.16. The molecule has 0 amide bonds. The van der Waals surface area contributed by atoms with Gasteiger partial charge in [-0.25, -0.2) is 0 Å². The standard InChI is InChI=1S/C19H34N2OS2/c1-18(2,23)14-20-16-10-6-7-11-17(16)21-15-19(3,4)24-13-9-8-12-22-5/h6-7,10-11,20-21,23H,8-9,12-15H2,1-5H3. The van der Waals surface area contributed by atoms with E-state index in [1.54, 1.807) is 7.11 Å². The van der Waals surface area contributed by atoms with E-state index in [0.717, 1.165) is 37.5 Å². The predicted octanol–water partition coefficient (Wildman–Crippen LogP) is 5.16. The fourth-order valence-corrected chi connectivity index (χ4v) is 3.31. The van der Waals surface area contributed by atoms with Gasteiger partial charge in [-0.2, -0.15) is 24.4 Å². The largest absolute Gasteiger partial charge is 0.385 e. The molecule has 0 aromatic heterocycles. The first-order chi connectivity index (χ1) is 11.2. The van der Waals surface area contributed by atoms with Crippen LogP contribution in [0.25, 0.3) is 0 Å². The van der Waals surface area contributed by atoms with Gasteiger partial charge in [-0.1, -0.05) is 12.1 Å². The van der Waals surface area contributed by atoms with Gasteiger partial charge in [0.1, 0.15) is 0 Å². The number of ether oxygens (including phenoxy) is 1. The number of nitrogens with one attached hydrogen (secondary N) is 2. The highest BCUT2D eigenvalue weighted by atomic mass is 32.2.